The quantitative estimate of drug-likeness (QED) is 0.656. The van der Waals surface area contributed by atoms with E-state index in [1.807, 2.05) is 60.7 Å². The Morgan fingerprint density at radius 1 is 0.550 bits per heavy atom. The molecule has 98 valence electrons. The number of aromatic nitrogens is 2. The van der Waals surface area contributed by atoms with Crippen molar-refractivity contribution in [2.45, 2.75) is 0 Å². The van der Waals surface area contributed by atoms with Gasteiger partial charge < -0.3 is 0 Å². The van der Waals surface area contributed by atoms with Gasteiger partial charge in [0.05, 0.1) is 21.4 Å². The summed E-state index contributed by atoms with van der Waals surface area (Å²) in [5, 5.41) is 9.79. The highest BCUT2D eigenvalue weighted by Crippen LogP contribution is 2.28. The number of halogens is 2. The van der Waals surface area contributed by atoms with E-state index in [1.165, 1.54) is 0 Å². The highest BCUT2D eigenvalue weighted by atomic mass is 35.5. The maximum atomic E-state index is 6.15. The second-order valence-electron chi connectivity index (χ2n) is 4.26. The molecule has 0 aliphatic rings. The van der Waals surface area contributed by atoms with Crippen LogP contribution in [0.4, 0.5) is 0 Å². The van der Waals surface area contributed by atoms with Crippen LogP contribution in [0.5, 0.6) is 0 Å². The van der Waals surface area contributed by atoms with Crippen LogP contribution in [0.25, 0.3) is 22.5 Å². The molecule has 0 bridgehead atoms. The molecule has 0 atom stereocenters. The maximum Gasteiger partial charge on any atom is 0.0945 e. The Bertz CT molecular complexity index is 675. The molecule has 0 fully saturated rings. The standard InChI is InChI=1S/C16H10Cl2N2/c17-13-7-3-1-5-11(13)15-9-10-16(20-19-15)12-6-2-4-8-14(12)18/h1-10H. The lowest BCUT2D eigenvalue weighted by Crippen LogP contribution is -1.91. The van der Waals surface area contributed by atoms with Gasteiger partial charge in [-0.15, -0.1) is 10.2 Å². The van der Waals surface area contributed by atoms with Crippen LogP contribution in [-0.4, -0.2) is 10.2 Å². The molecule has 4 heteroatoms. The summed E-state index contributed by atoms with van der Waals surface area (Å²) in [5.41, 5.74) is 3.22. The monoisotopic (exact) mass is 300 g/mol. The molecule has 0 unspecified atom stereocenters. The number of hydrogen-bond donors (Lipinski definition) is 0. The summed E-state index contributed by atoms with van der Waals surface area (Å²) in [6, 6.07) is 18.9. The predicted octanol–water partition coefficient (Wildman–Crippen LogP) is 5.12. The van der Waals surface area contributed by atoms with E-state index in [0.29, 0.717) is 10.0 Å². The van der Waals surface area contributed by atoms with E-state index in [4.69, 9.17) is 23.2 Å². The highest BCUT2D eigenvalue weighted by molar-refractivity contribution is 6.33. The minimum atomic E-state index is 0.660. The van der Waals surface area contributed by atoms with Gasteiger partial charge in [-0.3, -0.25) is 0 Å². The van der Waals surface area contributed by atoms with Crippen molar-refractivity contribution >= 4 is 23.2 Å². The molecule has 0 saturated heterocycles. The minimum Gasteiger partial charge on any atom is -0.150 e. The maximum absolute atomic E-state index is 6.15. The molecule has 0 aliphatic carbocycles. The molecule has 0 spiro atoms. The van der Waals surface area contributed by atoms with Gasteiger partial charge in [0.1, 0.15) is 0 Å². The zero-order chi connectivity index (χ0) is 13.9. The summed E-state index contributed by atoms with van der Waals surface area (Å²) in [4.78, 5) is 0. The van der Waals surface area contributed by atoms with E-state index in [1.54, 1.807) is 0 Å². The largest absolute Gasteiger partial charge is 0.150 e. The zero-order valence-electron chi connectivity index (χ0n) is 10.4. The zero-order valence-corrected chi connectivity index (χ0v) is 11.9. The summed E-state index contributed by atoms with van der Waals surface area (Å²) < 4.78 is 0. The minimum absolute atomic E-state index is 0.660. The lowest BCUT2D eigenvalue weighted by Gasteiger charge is -2.05. The molecule has 0 amide bonds. The van der Waals surface area contributed by atoms with E-state index >= 15 is 0 Å². The first-order chi connectivity index (χ1) is 9.75. The van der Waals surface area contributed by atoms with E-state index in [-0.39, 0.29) is 0 Å². The van der Waals surface area contributed by atoms with Gasteiger partial charge in [0.15, 0.2) is 0 Å². The van der Waals surface area contributed by atoms with E-state index in [2.05, 4.69) is 10.2 Å². The van der Waals surface area contributed by atoms with Crippen molar-refractivity contribution in [1.82, 2.24) is 10.2 Å². The second kappa shape index (κ2) is 5.61. The van der Waals surface area contributed by atoms with Gasteiger partial charge >= 0.3 is 0 Å². The summed E-state index contributed by atoms with van der Waals surface area (Å²) in [6.07, 6.45) is 0. The average Bonchev–Trinajstić information content (AvgIpc) is 2.49. The van der Waals surface area contributed by atoms with Crippen molar-refractivity contribution in [3.8, 4) is 22.5 Å². The fourth-order valence-corrected chi connectivity index (χ4v) is 2.42. The molecule has 20 heavy (non-hydrogen) atoms. The lowest BCUT2D eigenvalue weighted by atomic mass is 10.1. The van der Waals surface area contributed by atoms with Crippen LogP contribution in [0.2, 0.25) is 10.0 Å². The first-order valence-electron chi connectivity index (χ1n) is 6.09. The first kappa shape index (κ1) is 13.1. The molecule has 3 rings (SSSR count). The molecule has 0 aliphatic heterocycles. The number of rotatable bonds is 2. The van der Waals surface area contributed by atoms with Gasteiger partial charge in [-0.2, -0.15) is 0 Å². The second-order valence-corrected chi connectivity index (χ2v) is 5.08. The molecule has 1 heterocycles. The Kier molecular flexibility index (Phi) is 3.68. The smallest absolute Gasteiger partial charge is 0.0945 e. The fraction of sp³-hybridized carbons (Fsp3) is 0. The van der Waals surface area contributed by atoms with Crippen LogP contribution in [0, 0.1) is 0 Å². The molecule has 0 saturated carbocycles. The SMILES string of the molecule is Clc1ccccc1-c1ccc(-c2ccccc2Cl)nn1. The lowest BCUT2D eigenvalue weighted by molar-refractivity contribution is 1.04. The van der Waals surface area contributed by atoms with E-state index in [9.17, 15) is 0 Å². The molecular weight excluding hydrogens is 291 g/mol. The van der Waals surface area contributed by atoms with Crippen LogP contribution in [-0.2, 0) is 0 Å². The molecule has 2 nitrogen and oxygen atoms in total. The van der Waals surface area contributed by atoms with Crippen LogP contribution in [0.15, 0.2) is 60.7 Å². The van der Waals surface area contributed by atoms with Crippen molar-refractivity contribution in [3.63, 3.8) is 0 Å². The Morgan fingerprint density at radius 3 is 1.30 bits per heavy atom. The summed E-state index contributed by atoms with van der Waals surface area (Å²) >= 11 is 12.3. The van der Waals surface area contributed by atoms with Gasteiger partial charge in [-0.1, -0.05) is 59.6 Å². The number of benzene rings is 2. The average molecular weight is 301 g/mol. The Morgan fingerprint density at radius 2 is 0.950 bits per heavy atom. The van der Waals surface area contributed by atoms with Crippen molar-refractivity contribution in [3.05, 3.63) is 70.7 Å². The molecule has 0 N–H and O–H groups in total. The van der Waals surface area contributed by atoms with E-state index in [0.717, 1.165) is 22.5 Å². The third kappa shape index (κ3) is 2.53. The third-order valence-corrected chi connectivity index (χ3v) is 3.62. The fourth-order valence-electron chi connectivity index (χ4n) is 1.96. The van der Waals surface area contributed by atoms with Gasteiger partial charge in [0.25, 0.3) is 0 Å². The Hall–Kier alpha value is -1.90. The Balaban J connectivity index is 2.01. The van der Waals surface area contributed by atoms with Crippen molar-refractivity contribution in [2.24, 2.45) is 0 Å². The van der Waals surface area contributed by atoms with Gasteiger partial charge in [0.2, 0.25) is 0 Å². The van der Waals surface area contributed by atoms with Gasteiger partial charge in [0, 0.05) is 11.1 Å². The predicted molar refractivity (Wildman–Crippen MR) is 82.9 cm³/mol. The van der Waals surface area contributed by atoms with Crippen LogP contribution < -0.4 is 0 Å². The first-order valence-corrected chi connectivity index (χ1v) is 6.85. The molecule has 2 aromatic carbocycles. The highest BCUT2D eigenvalue weighted by Gasteiger charge is 2.07. The molecule has 3 aromatic rings. The van der Waals surface area contributed by atoms with Crippen LogP contribution >= 0.6 is 23.2 Å². The Labute approximate surface area is 127 Å². The summed E-state index contributed by atoms with van der Waals surface area (Å²) in [5.74, 6) is 0. The van der Waals surface area contributed by atoms with Gasteiger partial charge in [-0.25, -0.2) is 0 Å². The van der Waals surface area contributed by atoms with Crippen molar-refractivity contribution in [1.29, 1.82) is 0 Å². The molecule has 1 aromatic heterocycles. The third-order valence-electron chi connectivity index (χ3n) is 2.96. The topological polar surface area (TPSA) is 25.8 Å². The van der Waals surface area contributed by atoms with Crippen molar-refractivity contribution < 1.29 is 0 Å². The van der Waals surface area contributed by atoms with Gasteiger partial charge in [-0.05, 0) is 24.3 Å². The summed E-state index contributed by atoms with van der Waals surface area (Å²) in [7, 11) is 0. The normalized spacial score (nSPS) is 10.5. The molecular formula is C16H10Cl2N2. The molecule has 0 radical (unpaired) electrons. The number of hydrogen-bond acceptors (Lipinski definition) is 2. The number of nitrogens with zero attached hydrogens (tertiary/aromatic N) is 2. The van der Waals surface area contributed by atoms with Crippen LogP contribution in [0.1, 0.15) is 0 Å². The van der Waals surface area contributed by atoms with E-state index < -0.39 is 0 Å². The van der Waals surface area contributed by atoms with Crippen LogP contribution in [0.3, 0.4) is 0 Å². The van der Waals surface area contributed by atoms with Crippen molar-refractivity contribution in [2.75, 3.05) is 0 Å². The summed E-state index contributed by atoms with van der Waals surface area (Å²) in [6.45, 7) is 0.